The Labute approximate surface area is 234 Å². The first-order valence-corrected chi connectivity index (χ1v) is 11.8. The van der Waals surface area contributed by atoms with E-state index < -0.39 is 86.6 Å². The maximum atomic E-state index is 16.2. The van der Waals surface area contributed by atoms with Crippen molar-refractivity contribution in [2.24, 2.45) is 5.41 Å². The van der Waals surface area contributed by atoms with Crippen LogP contribution in [0, 0.1) is 5.41 Å². The van der Waals surface area contributed by atoms with E-state index >= 15 is 43.9 Å². The molecule has 0 fully saturated rings. The van der Waals surface area contributed by atoms with Gasteiger partial charge in [0, 0.05) is 11.4 Å². The highest BCUT2D eigenvalue weighted by Gasteiger charge is 2.84. The van der Waals surface area contributed by atoms with Crippen molar-refractivity contribution in [3.8, 4) is 11.5 Å². The number of nitrogen functional groups attached to an aromatic ring is 2. The van der Waals surface area contributed by atoms with Crippen molar-refractivity contribution >= 4 is 11.4 Å². The van der Waals surface area contributed by atoms with Gasteiger partial charge in [0.05, 0.1) is 5.41 Å². The van der Waals surface area contributed by atoms with Gasteiger partial charge < -0.3 is 20.9 Å². The highest BCUT2D eigenvalue weighted by atomic mass is 19.3. The Bertz CT molecular complexity index is 1480. The largest absolute Gasteiger partial charge is 0.451 e. The van der Waals surface area contributed by atoms with Gasteiger partial charge >= 0.3 is 11.8 Å². The second-order valence-corrected chi connectivity index (χ2v) is 9.98. The summed E-state index contributed by atoms with van der Waals surface area (Å²) in [4.78, 5) is 0. The zero-order chi connectivity index (χ0) is 32.5. The molecule has 16 heteroatoms. The highest BCUT2D eigenvalue weighted by Crippen LogP contribution is 2.69. The number of alkyl halides is 6. The number of allylic oxidation sites excluding steroid dienone is 6. The maximum absolute atomic E-state index is 16.2. The summed E-state index contributed by atoms with van der Waals surface area (Å²) in [5.74, 6) is -37.4. The third-order valence-electron chi connectivity index (χ3n) is 7.13. The van der Waals surface area contributed by atoms with E-state index in [0.717, 1.165) is 48.5 Å². The Morgan fingerprint density at radius 2 is 0.791 bits per heavy atom. The lowest BCUT2D eigenvalue weighted by Gasteiger charge is -2.52. The van der Waals surface area contributed by atoms with Crippen molar-refractivity contribution in [1.82, 2.24) is 0 Å². The molecule has 0 amide bonds. The average molecular weight is 630 g/mol. The Hall–Kier alpha value is -4.24. The van der Waals surface area contributed by atoms with E-state index in [0.29, 0.717) is 0 Å². The standard InChI is InChI=1S/C27H18F12N2O2/c1-23(2,24(34)19(30)15(28)17(21(32)26(24,36)37)42-13-7-3-11(40)4-8-13)25(35)20(31)16(29)18(22(33)27(25,38)39)43-14-9-5-12(41)6-10-14/h3-10H,40-41H2,1-2H3. The van der Waals surface area contributed by atoms with Crippen molar-refractivity contribution < 1.29 is 62.2 Å². The summed E-state index contributed by atoms with van der Waals surface area (Å²) in [6.07, 6.45) is 0. The number of ether oxygens (including phenoxy) is 2. The van der Waals surface area contributed by atoms with E-state index in [9.17, 15) is 8.78 Å². The normalized spacial score (nSPS) is 25.8. The monoisotopic (exact) mass is 630 g/mol. The van der Waals surface area contributed by atoms with Crippen LogP contribution in [0.5, 0.6) is 11.5 Å². The molecule has 0 aliphatic heterocycles. The van der Waals surface area contributed by atoms with E-state index in [4.69, 9.17) is 11.5 Å². The van der Waals surface area contributed by atoms with E-state index in [1.807, 2.05) is 0 Å². The molecule has 43 heavy (non-hydrogen) atoms. The van der Waals surface area contributed by atoms with Crippen LogP contribution in [0.3, 0.4) is 0 Å². The van der Waals surface area contributed by atoms with Crippen molar-refractivity contribution in [3.63, 3.8) is 0 Å². The topological polar surface area (TPSA) is 70.5 Å². The number of nitrogens with two attached hydrogens (primary N) is 2. The number of anilines is 2. The van der Waals surface area contributed by atoms with Crippen LogP contribution in [0.1, 0.15) is 13.8 Å². The zero-order valence-corrected chi connectivity index (χ0v) is 21.6. The van der Waals surface area contributed by atoms with Crippen LogP contribution in [0.2, 0.25) is 0 Å². The molecular weight excluding hydrogens is 612 g/mol. The molecule has 2 aromatic carbocycles. The molecule has 0 radical (unpaired) electrons. The third-order valence-corrected chi connectivity index (χ3v) is 7.13. The van der Waals surface area contributed by atoms with Crippen LogP contribution in [0.4, 0.5) is 64.1 Å². The predicted molar refractivity (Wildman–Crippen MR) is 129 cm³/mol. The molecule has 0 heterocycles. The second-order valence-electron chi connectivity index (χ2n) is 9.98. The molecule has 2 unspecified atom stereocenters. The summed E-state index contributed by atoms with van der Waals surface area (Å²) >= 11 is 0. The van der Waals surface area contributed by atoms with Crippen LogP contribution in [0.15, 0.2) is 95.0 Å². The fraction of sp³-hybridized carbons (Fsp3) is 0.259. The fourth-order valence-electron chi connectivity index (χ4n) is 4.62. The summed E-state index contributed by atoms with van der Waals surface area (Å²) in [5, 5.41) is 0. The fourth-order valence-corrected chi connectivity index (χ4v) is 4.62. The second kappa shape index (κ2) is 9.91. The molecular formula is C27H18F12N2O2. The quantitative estimate of drug-likeness (QED) is 0.248. The lowest BCUT2D eigenvalue weighted by molar-refractivity contribution is -0.251. The number of rotatable bonds is 6. The first kappa shape index (κ1) is 31.7. The lowest BCUT2D eigenvalue weighted by atomic mass is 9.58. The van der Waals surface area contributed by atoms with E-state index in [2.05, 4.69) is 9.47 Å². The first-order valence-electron chi connectivity index (χ1n) is 11.8. The van der Waals surface area contributed by atoms with Crippen molar-refractivity contribution in [1.29, 1.82) is 0 Å². The van der Waals surface area contributed by atoms with Crippen LogP contribution in [-0.4, -0.2) is 23.2 Å². The van der Waals surface area contributed by atoms with Gasteiger partial charge in [0.25, 0.3) is 0 Å². The number of hydrogen-bond donors (Lipinski definition) is 2. The third kappa shape index (κ3) is 4.16. The first-order chi connectivity index (χ1) is 19.7. The summed E-state index contributed by atoms with van der Waals surface area (Å²) in [5.41, 5.74) is -5.64. The zero-order valence-electron chi connectivity index (χ0n) is 21.6. The minimum atomic E-state index is -6.15. The van der Waals surface area contributed by atoms with Gasteiger partial charge in [-0.3, -0.25) is 0 Å². The molecule has 2 atom stereocenters. The molecule has 0 saturated carbocycles. The maximum Gasteiger partial charge on any atom is 0.343 e. The van der Waals surface area contributed by atoms with Gasteiger partial charge in [-0.25, -0.2) is 26.3 Å². The van der Waals surface area contributed by atoms with Crippen LogP contribution < -0.4 is 20.9 Å². The van der Waals surface area contributed by atoms with Gasteiger partial charge in [-0.05, 0) is 48.5 Å². The van der Waals surface area contributed by atoms with E-state index in [1.54, 1.807) is 0 Å². The van der Waals surface area contributed by atoms with E-state index in [-0.39, 0.29) is 25.2 Å². The lowest BCUT2D eigenvalue weighted by Crippen LogP contribution is -2.70. The molecule has 0 aromatic heterocycles. The molecule has 4 nitrogen and oxygen atoms in total. The number of hydrogen-bond acceptors (Lipinski definition) is 4. The molecule has 0 bridgehead atoms. The Kier molecular flexibility index (Phi) is 7.30. The molecule has 4 rings (SSSR count). The van der Waals surface area contributed by atoms with Crippen LogP contribution in [-0.2, 0) is 0 Å². The minimum Gasteiger partial charge on any atom is -0.451 e. The molecule has 2 aliphatic carbocycles. The Balaban J connectivity index is 1.87. The molecule has 0 saturated heterocycles. The summed E-state index contributed by atoms with van der Waals surface area (Å²) in [7, 11) is 0. The van der Waals surface area contributed by atoms with Crippen molar-refractivity contribution in [2.45, 2.75) is 37.0 Å². The number of halogens is 12. The van der Waals surface area contributed by atoms with Gasteiger partial charge in [0.2, 0.25) is 46.2 Å². The molecule has 4 N–H and O–H groups in total. The van der Waals surface area contributed by atoms with E-state index in [1.165, 1.54) is 0 Å². The molecule has 2 aliphatic rings. The smallest absolute Gasteiger partial charge is 0.343 e. The van der Waals surface area contributed by atoms with Gasteiger partial charge in [-0.1, -0.05) is 13.8 Å². The minimum absolute atomic E-state index is 0.0507. The van der Waals surface area contributed by atoms with Gasteiger partial charge in [-0.15, -0.1) is 0 Å². The predicted octanol–water partition coefficient (Wildman–Crippen LogP) is 8.71. The van der Waals surface area contributed by atoms with Crippen molar-refractivity contribution in [2.75, 3.05) is 11.5 Å². The molecule has 2 aromatic rings. The average Bonchev–Trinajstić information content (AvgIpc) is 2.95. The highest BCUT2D eigenvalue weighted by molar-refractivity contribution is 5.52. The van der Waals surface area contributed by atoms with Gasteiger partial charge in [0.1, 0.15) is 11.5 Å². The molecule has 0 spiro atoms. The van der Waals surface area contributed by atoms with Gasteiger partial charge in [0.15, 0.2) is 11.7 Å². The van der Waals surface area contributed by atoms with Crippen LogP contribution in [0.25, 0.3) is 0 Å². The molecule has 232 valence electrons. The van der Waals surface area contributed by atoms with Crippen LogP contribution >= 0.6 is 0 Å². The van der Waals surface area contributed by atoms with Gasteiger partial charge in [-0.2, -0.15) is 26.3 Å². The van der Waals surface area contributed by atoms with Crippen molar-refractivity contribution in [3.05, 3.63) is 95.0 Å². The Morgan fingerprint density at radius 1 is 0.512 bits per heavy atom. The SMILES string of the molecule is CC(C)(C1(F)C(F)=C(F)C(Oc2ccc(N)cc2)=C(F)C1(F)F)C1(F)C(F)=C(F)C(Oc2ccc(N)cc2)=C(F)C1(F)F. The summed E-state index contributed by atoms with van der Waals surface area (Å²) in [6.45, 7) is -0.737. The number of benzene rings is 2. The Morgan fingerprint density at radius 3 is 1.07 bits per heavy atom. The summed E-state index contributed by atoms with van der Waals surface area (Å²) < 4.78 is 193. The summed E-state index contributed by atoms with van der Waals surface area (Å²) in [6, 6.07) is 7.63.